The summed E-state index contributed by atoms with van der Waals surface area (Å²) in [6, 6.07) is 15.0. The van der Waals surface area contributed by atoms with Gasteiger partial charge in [-0.3, -0.25) is 14.2 Å². The molecule has 44 heavy (non-hydrogen) atoms. The SMILES string of the molecule is CCOC(=O)c1cn2c(n1)CN(C(=O)[C@H](Cc1ccccc1)n1cnc(-c3cc(Cl)ccc3-n3cc(Cl)nn3)cc1=O)CC2. The van der Waals surface area contributed by atoms with Gasteiger partial charge in [0.15, 0.2) is 10.8 Å². The monoisotopic (exact) mass is 632 g/mol. The average molecular weight is 633 g/mol. The molecule has 0 saturated heterocycles. The fraction of sp³-hybridized carbons (Fsp3) is 0.233. The van der Waals surface area contributed by atoms with Crippen molar-refractivity contribution in [2.45, 2.75) is 32.5 Å². The Bertz CT molecular complexity index is 1900. The molecular formula is C30H26Cl2N8O4. The van der Waals surface area contributed by atoms with E-state index in [1.807, 2.05) is 34.9 Å². The van der Waals surface area contributed by atoms with Gasteiger partial charge in [-0.15, -0.1) is 5.10 Å². The molecule has 224 valence electrons. The van der Waals surface area contributed by atoms with Crippen molar-refractivity contribution < 1.29 is 14.3 Å². The number of amides is 1. The highest BCUT2D eigenvalue weighted by molar-refractivity contribution is 6.31. The minimum Gasteiger partial charge on any atom is -0.461 e. The Hall–Kier alpha value is -4.81. The molecule has 4 heterocycles. The largest absolute Gasteiger partial charge is 0.461 e. The highest BCUT2D eigenvalue weighted by Gasteiger charge is 2.31. The van der Waals surface area contributed by atoms with E-state index < -0.39 is 17.6 Å². The Morgan fingerprint density at radius 1 is 1.05 bits per heavy atom. The van der Waals surface area contributed by atoms with Gasteiger partial charge in [-0.1, -0.05) is 58.7 Å². The Morgan fingerprint density at radius 3 is 2.59 bits per heavy atom. The minimum absolute atomic E-state index is 0.177. The fourth-order valence-electron chi connectivity index (χ4n) is 5.16. The quantitative estimate of drug-likeness (QED) is 0.235. The number of benzene rings is 2. The lowest BCUT2D eigenvalue weighted by Crippen LogP contribution is -2.44. The molecule has 5 aromatic rings. The number of ether oxygens (including phenoxy) is 1. The average Bonchev–Trinajstić information content (AvgIpc) is 3.66. The predicted molar refractivity (Wildman–Crippen MR) is 162 cm³/mol. The Balaban J connectivity index is 1.34. The van der Waals surface area contributed by atoms with Gasteiger partial charge in [-0.2, -0.15) is 0 Å². The highest BCUT2D eigenvalue weighted by atomic mass is 35.5. The number of aromatic nitrogens is 7. The molecule has 12 nitrogen and oxygen atoms in total. The van der Waals surface area contributed by atoms with Crippen molar-refractivity contribution in [1.82, 2.24) is 39.0 Å². The molecule has 1 atom stereocenters. The van der Waals surface area contributed by atoms with Crippen LogP contribution in [0.25, 0.3) is 16.9 Å². The smallest absolute Gasteiger partial charge is 0.358 e. The van der Waals surface area contributed by atoms with Crippen molar-refractivity contribution >= 4 is 35.1 Å². The van der Waals surface area contributed by atoms with Crippen molar-refractivity contribution in [2.75, 3.05) is 13.2 Å². The topological polar surface area (TPSA) is 130 Å². The van der Waals surface area contributed by atoms with E-state index in [0.29, 0.717) is 40.9 Å². The van der Waals surface area contributed by atoms with E-state index in [1.165, 1.54) is 27.8 Å². The number of imidazole rings is 1. The summed E-state index contributed by atoms with van der Waals surface area (Å²) in [4.78, 5) is 50.7. The van der Waals surface area contributed by atoms with Crippen LogP contribution in [0.5, 0.6) is 0 Å². The van der Waals surface area contributed by atoms with Crippen LogP contribution < -0.4 is 5.56 Å². The number of hydrogen-bond donors (Lipinski definition) is 0. The number of hydrogen-bond acceptors (Lipinski definition) is 8. The first-order valence-electron chi connectivity index (χ1n) is 13.8. The summed E-state index contributed by atoms with van der Waals surface area (Å²) in [7, 11) is 0. The van der Waals surface area contributed by atoms with Crippen LogP contribution >= 0.6 is 23.2 Å². The summed E-state index contributed by atoms with van der Waals surface area (Å²) >= 11 is 12.3. The number of nitrogens with zero attached hydrogens (tertiary/aromatic N) is 8. The molecule has 1 amide bonds. The zero-order valence-electron chi connectivity index (χ0n) is 23.5. The fourth-order valence-corrected chi connectivity index (χ4v) is 5.46. The molecule has 0 fully saturated rings. The molecule has 0 N–H and O–H groups in total. The first-order chi connectivity index (χ1) is 21.3. The number of halogens is 2. The van der Waals surface area contributed by atoms with Crippen LogP contribution in [0.15, 0.2) is 78.1 Å². The molecule has 3 aromatic heterocycles. The molecule has 0 bridgehead atoms. The highest BCUT2D eigenvalue weighted by Crippen LogP contribution is 2.28. The second-order valence-electron chi connectivity index (χ2n) is 10.1. The van der Waals surface area contributed by atoms with Gasteiger partial charge >= 0.3 is 5.97 Å². The maximum atomic E-state index is 14.1. The summed E-state index contributed by atoms with van der Waals surface area (Å²) in [6.45, 7) is 2.97. The van der Waals surface area contributed by atoms with Crippen LogP contribution in [0.1, 0.15) is 34.8 Å². The lowest BCUT2D eigenvalue weighted by atomic mass is 10.0. The summed E-state index contributed by atoms with van der Waals surface area (Å²) in [5.74, 6) is -0.214. The van der Waals surface area contributed by atoms with E-state index in [9.17, 15) is 14.4 Å². The zero-order chi connectivity index (χ0) is 30.8. The minimum atomic E-state index is -0.884. The van der Waals surface area contributed by atoms with Crippen molar-refractivity contribution in [3.05, 3.63) is 111 Å². The van der Waals surface area contributed by atoms with Gasteiger partial charge in [-0.25, -0.2) is 19.4 Å². The molecule has 0 aliphatic carbocycles. The van der Waals surface area contributed by atoms with E-state index in [4.69, 9.17) is 27.9 Å². The Morgan fingerprint density at radius 2 is 1.86 bits per heavy atom. The molecule has 0 spiro atoms. The number of fused-ring (bicyclic) bond motifs is 1. The summed E-state index contributed by atoms with van der Waals surface area (Å²) < 4.78 is 9.74. The molecule has 1 aliphatic heterocycles. The predicted octanol–water partition coefficient (Wildman–Crippen LogP) is 4.00. The number of carbonyl (C=O) groups is 2. The second-order valence-corrected chi connectivity index (χ2v) is 10.9. The molecule has 0 unspecified atom stereocenters. The third-order valence-electron chi connectivity index (χ3n) is 7.27. The van der Waals surface area contributed by atoms with Crippen LogP contribution in [0.3, 0.4) is 0 Å². The van der Waals surface area contributed by atoms with Gasteiger partial charge < -0.3 is 14.2 Å². The van der Waals surface area contributed by atoms with E-state index >= 15 is 0 Å². The lowest BCUT2D eigenvalue weighted by molar-refractivity contribution is -0.136. The van der Waals surface area contributed by atoms with Gasteiger partial charge in [0.1, 0.15) is 11.9 Å². The van der Waals surface area contributed by atoms with Crippen molar-refractivity contribution in [3.8, 4) is 16.9 Å². The van der Waals surface area contributed by atoms with Crippen LogP contribution in [0.2, 0.25) is 10.2 Å². The van der Waals surface area contributed by atoms with E-state index in [2.05, 4.69) is 20.3 Å². The molecule has 14 heteroatoms. The van der Waals surface area contributed by atoms with Crippen LogP contribution in [-0.2, 0) is 29.0 Å². The normalized spacial score (nSPS) is 13.4. The van der Waals surface area contributed by atoms with Gasteiger partial charge in [0.05, 0.1) is 37.1 Å². The van der Waals surface area contributed by atoms with Crippen molar-refractivity contribution in [2.24, 2.45) is 0 Å². The third kappa shape index (κ3) is 5.99. The summed E-state index contributed by atoms with van der Waals surface area (Å²) in [6.07, 6.45) is 4.82. The van der Waals surface area contributed by atoms with Gasteiger partial charge in [0, 0.05) is 42.4 Å². The number of esters is 1. The van der Waals surface area contributed by atoms with E-state index in [1.54, 1.807) is 36.2 Å². The van der Waals surface area contributed by atoms with Gasteiger partial charge in [0.25, 0.3) is 5.56 Å². The Labute approximate surface area is 261 Å². The van der Waals surface area contributed by atoms with Crippen LogP contribution in [-0.4, -0.2) is 64.0 Å². The number of rotatable bonds is 8. The van der Waals surface area contributed by atoms with Gasteiger partial charge in [0.2, 0.25) is 5.91 Å². The first-order valence-corrected chi connectivity index (χ1v) is 14.6. The standard InChI is InChI=1S/C30H26Cl2N8O4/c1-2-44-30(43)23-15-37-10-11-38(17-27(37)34-23)29(42)25(12-19-6-4-3-5-7-19)39-18-33-22(14-28(39)41)21-13-20(31)8-9-24(21)40-16-26(32)35-36-40/h3-9,13-16,18,25H,2,10-12,17H2,1H3/t25-/m0/s1. The number of carbonyl (C=O) groups excluding carboxylic acids is 2. The third-order valence-corrected chi connectivity index (χ3v) is 7.68. The van der Waals surface area contributed by atoms with Crippen molar-refractivity contribution in [1.29, 1.82) is 0 Å². The lowest BCUT2D eigenvalue weighted by Gasteiger charge is -2.31. The van der Waals surface area contributed by atoms with Crippen molar-refractivity contribution in [3.63, 3.8) is 0 Å². The summed E-state index contributed by atoms with van der Waals surface area (Å²) in [5, 5.41) is 8.50. The zero-order valence-corrected chi connectivity index (χ0v) is 25.0. The molecule has 0 saturated carbocycles. The van der Waals surface area contributed by atoms with Gasteiger partial charge in [-0.05, 0) is 30.7 Å². The van der Waals surface area contributed by atoms with E-state index in [-0.39, 0.29) is 36.3 Å². The molecule has 6 rings (SSSR count). The maximum absolute atomic E-state index is 14.1. The molecule has 1 aliphatic rings. The first kappa shape index (κ1) is 29.3. The maximum Gasteiger partial charge on any atom is 0.358 e. The molecule has 0 radical (unpaired) electrons. The second kappa shape index (κ2) is 12.4. The Kier molecular flexibility index (Phi) is 8.27. The van der Waals surface area contributed by atoms with E-state index in [0.717, 1.165) is 5.56 Å². The van der Waals surface area contributed by atoms with Crippen LogP contribution in [0, 0.1) is 0 Å². The van der Waals surface area contributed by atoms with Crippen LogP contribution in [0.4, 0.5) is 0 Å². The molecular weight excluding hydrogens is 607 g/mol. The summed E-state index contributed by atoms with van der Waals surface area (Å²) in [5.41, 5.74) is 2.10. The molecule has 2 aromatic carbocycles.